The van der Waals surface area contributed by atoms with Gasteiger partial charge in [-0.05, 0) is 43.5 Å². The van der Waals surface area contributed by atoms with Gasteiger partial charge in [0.25, 0.3) is 0 Å². The van der Waals surface area contributed by atoms with Gasteiger partial charge in [0.2, 0.25) is 0 Å². The minimum Gasteiger partial charge on any atom is -0.394 e. The summed E-state index contributed by atoms with van der Waals surface area (Å²) >= 11 is 0.971. The number of aromatic nitrogens is 4. The van der Waals surface area contributed by atoms with E-state index in [-0.39, 0.29) is 35.6 Å². The third-order valence-electron chi connectivity index (χ3n) is 7.69. The number of hydrogen-bond acceptors (Lipinski definition) is 11. The van der Waals surface area contributed by atoms with Crippen molar-refractivity contribution in [3.05, 3.63) is 65.4 Å². The van der Waals surface area contributed by atoms with Gasteiger partial charge in [-0.3, -0.25) is 4.98 Å². The Kier molecular flexibility index (Phi) is 8.68. The van der Waals surface area contributed by atoms with Crippen LogP contribution < -0.4 is 0 Å². The van der Waals surface area contributed by atoms with Crippen LogP contribution in [0.2, 0.25) is 0 Å². The number of rotatable bonds is 7. The van der Waals surface area contributed by atoms with Crippen LogP contribution in [0.3, 0.4) is 0 Å². The molecule has 2 saturated heterocycles. The summed E-state index contributed by atoms with van der Waals surface area (Å²) in [6.07, 6.45) is -1.72. The molecule has 42 heavy (non-hydrogen) atoms. The Morgan fingerprint density at radius 1 is 1.17 bits per heavy atom. The Bertz CT molecular complexity index is 1520. The van der Waals surface area contributed by atoms with Crippen molar-refractivity contribution in [2.75, 3.05) is 18.1 Å². The molecule has 4 N–H and O–H groups in total. The SMILES string of the molecule is Cc1cccnc1[C@H](S[C@@H]1O[C@H](CO)[C@H](O)[C@H](n2cc(-c3cc(F)c(F)c(F)c3)nn2)[C@H]1O)C1(O)CCS(=O)(=O)CC1. The van der Waals surface area contributed by atoms with Crippen LogP contribution in [0, 0.1) is 24.4 Å². The summed E-state index contributed by atoms with van der Waals surface area (Å²) in [5.41, 5.74) is -1.81. The minimum absolute atomic E-state index is 0.0804. The molecule has 6 atom stereocenters. The molecule has 0 bridgehead atoms. The summed E-state index contributed by atoms with van der Waals surface area (Å²) in [4.78, 5) is 4.43. The van der Waals surface area contributed by atoms with Crippen LogP contribution in [-0.2, 0) is 14.6 Å². The van der Waals surface area contributed by atoms with E-state index in [1.165, 1.54) is 12.4 Å². The lowest BCUT2D eigenvalue weighted by Crippen LogP contribution is -2.55. The fraction of sp³-hybridized carbons (Fsp3) is 0.500. The van der Waals surface area contributed by atoms with Crippen molar-refractivity contribution in [2.45, 2.75) is 60.4 Å². The first-order valence-corrected chi connectivity index (χ1v) is 15.8. The standard InChI is InChI=1S/C26H29F3N4O7S2/c1-13-3-2-6-30-20(13)24(26(37)4-7-42(38,39)8-5-26)41-25-23(36)21(22(35)18(12-34)40-25)33-11-17(31-32-33)14-9-15(27)19(29)16(28)10-14/h2-3,6,9-11,18,21-25,34-37H,4-5,7-8,12H2,1H3/t18-,21+,22+,23-,24+,25+/m1/s1. The number of hydrogen-bond donors (Lipinski definition) is 4. The predicted octanol–water partition coefficient (Wildman–Crippen LogP) is 1.46. The second kappa shape index (κ2) is 11.8. The van der Waals surface area contributed by atoms with Crippen LogP contribution in [0.5, 0.6) is 0 Å². The van der Waals surface area contributed by atoms with Gasteiger partial charge in [0.1, 0.15) is 35.5 Å². The molecule has 2 aliphatic heterocycles. The third-order valence-corrected chi connectivity index (χ3v) is 10.9. The van der Waals surface area contributed by atoms with E-state index in [1.807, 2.05) is 0 Å². The number of sulfone groups is 1. The quantitative estimate of drug-likeness (QED) is 0.279. The maximum Gasteiger partial charge on any atom is 0.194 e. The highest BCUT2D eigenvalue weighted by Gasteiger charge is 2.51. The summed E-state index contributed by atoms with van der Waals surface area (Å²) in [5, 5.41) is 51.0. The molecule has 3 aromatic rings. The fourth-order valence-electron chi connectivity index (χ4n) is 5.26. The van der Waals surface area contributed by atoms with Crippen LogP contribution >= 0.6 is 11.8 Å². The van der Waals surface area contributed by atoms with Crippen molar-refractivity contribution in [3.63, 3.8) is 0 Å². The molecular weight excluding hydrogens is 601 g/mol. The molecule has 0 radical (unpaired) electrons. The Balaban J connectivity index is 1.48. The molecule has 0 amide bonds. The largest absolute Gasteiger partial charge is 0.394 e. The van der Waals surface area contributed by atoms with Gasteiger partial charge in [-0.25, -0.2) is 26.3 Å². The number of aliphatic hydroxyl groups excluding tert-OH is 3. The van der Waals surface area contributed by atoms with Crippen molar-refractivity contribution in [1.82, 2.24) is 20.0 Å². The number of thioether (sulfide) groups is 1. The zero-order valence-corrected chi connectivity index (χ0v) is 23.8. The summed E-state index contributed by atoms with van der Waals surface area (Å²) in [5.74, 6) is -5.01. The Morgan fingerprint density at radius 2 is 1.83 bits per heavy atom. The van der Waals surface area contributed by atoms with E-state index < -0.39 is 74.5 Å². The molecule has 11 nitrogen and oxygen atoms in total. The fourth-order valence-corrected chi connectivity index (χ4v) is 8.45. The zero-order valence-electron chi connectivity index (χ0n) is 22.2. The van der Waals surface area contributed by atoms with E-state index in [9.17, 15) is 42.0 Å². The van der Waals surface area contributed by atoms with Gasteiger partial charge >= 0.3 is 0 Å². The van der Waals surface area contributed by atoms with Gasteiger partial charge in [-0.2, -0.15) is 0 Å². The maximum atomic E-state index is 13.8. The molecule has 0 spiro atoms. The number of ether oxygens (including phenoxy) is 1. The van der Waals surface area contributed by atoms with Gasteiger partial charge in [-0.15, -0.1) is 16.9 Å². The molecule has 4 heterocycles. The lowest BCUT2D eigenvalue weighted by atomic mass is 9.89. The maximum absolute atomic E-state index is 13.8. The lowest BCUT2D eigenvalue weighted by Gasteiger charge is -2.45. The van der Waals surface area contributed by atoms with E-state index in [1.54, 1.807) is 19.1 Å². The number of aliphatic hydroxyl groups is 4. The van der Waals surface area contributed by atoms with Gasteiger partial charge in [0.05, 0.1) is 40.9 Å². The molecule has 5 rings (SSSR count). The van der Waals surface area contributed by atoms with Crippen molar-refractivity contribution < 1.29 is 46.8 Å². The molecule has 228 valence electrons. The molecule has 0 aliphatic carbocycles. The first-order valence-electron chi connectivity index (χ1n) is 13.0. The normalized spacial score (nSPS) is 28.0. The second-order valence-electron chi connectivity index (χ2n) is 10.5. The van der Waals surface area contributed by atoms with Crippen molar-refractivity contribution in [2.24, 2.45) is 0 Å². The average Bonchev–Trinajstić information content (AvgIpc) is 3.43. The first kappa shape index (κ1) is 30.8. The van der Waals surface area contributed by atoms with Crippen LogP contribution in [0.1, 0.15) is 35.4 Å². The Morgan fingerprint density at radius 3 is 2.45 bits per heavy atom. The number of halogens is 3. The van der Waals surface area contributed by atoms with Gasteiger partial charge in [0, 0.05) is 11.8 Å². The minimum atomic E-state index is -3.34. The van der Waals surface area contributed by atoms with Crippen LogP contribution in [0.15, 0.2) is 36.7 Å². The predicted molar refractivity (Wildman–Crippen MR) is 144 cm³/mol. The highest BCUT2D eigenvalue weighted by Crippen LogP contribution is 2.49. The van der Waals surface area contributed by atoms with Gasteiger partial charge < -0.3 is 25.2 Å². The van der Waals surface area contributed by atoms with Crippen molar-refractivity contribution in [3.8, 4) is 11.3 Å². The van der Waals surface area contributed by atoms with Gasteiger partial charge in [-0.1, -0.05) is 11.3 Å². The Labute approximate surface area is 243 Å². The first-order chi connectivity index (χ1) is 19.8. The summed E-state index contributed by atoms with van der Waals surface area (Å²) in [7, 11) is -3.34. The van der Waals surface area contributed by atoms with Crippen molar-refractivity contribution in [1.29, 1.82) is 0 Å². The topological polar surface area (TPSA) is 168 Å². The molecule has 2 aromatic heterocycles. The average molecular weight is 631 g/mol. The summed E-state index contributed by atoms with van der Waals surface area (Å²) < 4.78 is 72.3. The smallest absolute Gasteiger partial charge is 0.194 e. The molecular formula is C26H29F3N4O7S2. The number of nitrogens with zero attached hydrogens (tertiary/aromatic N) is 4. The molecule has 2 aliphatic rings. The number of aryl methyl sites for hydroxylation is 1. The molecule has 2 fully saturated rings. The molecule has 0 unspecified atom stereocenters. The zero-order chi connectivity index (χ0) is 30.4. The third kappa shape index (κ3) is 5.93. The summed E-state index contributed by atoms with van der Waals surface area (Å²) in [6.45, 7) is 1.12. The molecule has 1 aromatic carbocycles. The second-order valence-corrected chi connectivity index (χ2v) is 14.0. The Hall–Kier alpha value is -2.60. The van der Waals surface area contributed by atoms with Crippen LogP contribution in [0.4, 0.5) is 13.2 Å². The highest BCUT2D eigenvalue weighted by molar-refractivity contribution is 8.00. The van der Waals surface area contributed by atoms with E-state index in [0.29, 0.717) is 11.3 Å². The van der Waals surface area contributed by atoms with E-state index in [0.717, 1.165) is 28.6 Å². The monoisotopic (exact) mass is 630 g/mol. The molecule has 0 saturated carbocycles. The van der Waals surface area contributed by atoms with Gasteiger partial charge in [0.15, 0.2) is 27.3 Å². The van der Waals surface area contributed by atoms with E-state index in [4.69, 9.17) is 4.74 Å². The van der Waals surface area contributed by atoms with E-state index >= 15 is 0 Å². The molecule has 16 heteroatoms. The van der Waals surface area contributed by atoms with Crippen LogP contribution in [0.25, 0.3) is 11.3 Å². The van der Waals surface area contributed by atoms with Crippen LogP contribution in [-0.4, -0.2) is 96.3 Å². The number of pyridine rings is 1. The number of benzene rings is 1. The summed E-state index contributed by atoms with van der Waals surface area (Å²) in [6, 6.07) is 3.65. The highest BCUT2D eigenvalue weighted by atomic mass is 32.2. The lowest BCUT2D eigenvalue weighted by molar-refractivity contribution is -0.179. The van der Waals surface area contributed by atoms with E-state index in [2.05, 4.69) is 15.3 Å². The van der Waals surface area contributed by atoms with Crippen molar-refractivity contribution >= 4 is 21.6 Å².